The topological polar surface area (TPSA) is 63.8 Å². The van der Waals surface area contributed by atoms with Crippen LogP contribution in [0.5, 0.6) is 0 Å². The summed E-state index contributed by atoms with van der Waals surface area (Å²) in [5.74, 6) is 0.797. The molecule has 0 aliphatic heterocycles. The molecular weight excluding hydrogens is 228 g/mol. The van der Waals surface area contributed by atoms with Crippen LogP contribution in [0.25, 0.3) is 0 Å². The highest BCUT2D eigenvalue weighted by Gasteiger charge is 2.26. The molecule has 2 aromatic heterocycles. The summed E-state index contributed by atoms with van der Waals surface area (Å²) in [4.78, 5) is 8.25. The molecule has 2 rings (SSSR count). The fourth-order valence-corrected chi connectivity index (χ4v) is 1.91. The second-order valence-electron chi connectivity index (χ2n) is 4.59. The smallest absolute Gasteiger partial charge is 0.138 e. The minimum Gasteiger partial charge on any atom is -0.385 e. The van der Waals surface area contributed by atoms with Gasteiger partial charge in [0.15, 0.2) is 0 Å². The summed E-state index contributed by atoms with van der Waals surface area (Å²) < 4.78 is 1.84. The van der Waals surface area contributed by atoms with Crippen molar-refractivity contribution in [2.24, 2.45) is 0 Å². The van der Waals surface area contributed by atoms with Crippen molar-refractivity contribution in [3.8, 4) is 0 Å². The second kappa shape index (κ2) is 5.27. The predicted molar refractivity (Wildman–Crippen MR) is 67.8 cm³/mol. The molecule has 2 heterocycles. The first-order chi connectivity index (χ1) is 8.63. The Hall–Kier alpha value is -1.75. The van der Waals surface area contributed by atoms with Gasteiger partial charge in [-0.05, 0) is 19.4 Å². The molecule has 0 bridgehead atoms. The first-order valence-corrected chi connectivity index (χ1v) is 6.13. The summed E-state index contributed by atoms with van der Waals surface area (Å²) in [5, 5.41) is 14.7. The van der Waals surface area contributed by atoms with Crippen molar-refractivity contribution < 1.29 is 5.11 Å². The Morgan fingerprint density at radius 2 is 2.28 bits per heavy atom. The fourth-order valence-electron chi connectivity index (χ4n) is 1.91. The number of rotatable bonds is 5. The van der Waals surface area contributed by atoms with E-state index >= 15 is 0 Å². The molecule has 18 heavy (non-hydrogen) atoms. The molecule has 0 spiro atoms. The van der Waals surface area contributed by atoms with Crippen LogP contribution in [0.1, 0.15) is 31.7 Å². The SMILES string of the molecule is CCCn1ncnc1CC(C)(O)c1cccnc1. The molecule has 0 fully saturated rings. The van der Waals surface area contributed by atoms with Crippen LogP contribution < -0.4 is 0 Å². The molecule has 0 radical (unpaired) electrons. The molecule has 1 N–H and O–H groups in total. The number of aryl methyl sites for hydroxylation is 1. The van der Waals surface area contributed by atoms with E-state index in [0.29, 0.717) is 6.42 Å². The van der Waals surface area contributed by atoms with E-state index in [2.05, 4.69) is 22.0 Å². The van der Waals surface area contributed by atoms with E-state index in [1.807, 2.05) is 16.8 Å². The molecule has 0 amide bonds. The lowest BCUT2D eigenvalue weighted by molar-refractivity contribution is 0.0538. The van der Waals surface area contributed by atoms with Crippen molar-refractivity contribution in [1.29, 1.82) is 0 Å². The van der Waals surface area contributed by atoms with Crippen molar-refractivity contribution >= 4 is 0 Å². The summed E-state index contributed by atoms with van der Waals surface area (Å²) in [6.45, 7) is 4.68. The van der Waals surface area contributed by atoms with Crippen molar-refractivity contribution in [3.05, 3.63) is 42.2 Å². The molecule has 5 nitrogen and oxygen atoms in total. The Balaban J connectivity index is 2.19. The van der Waals surface area contributed by atoms with Crippen LogP contribution in [-0.4, -0.2) is 24.9 Å². The van der Waals surface area contributed by atoms with Crippen molar-refractivity contribution in [2.45, 2.75) is 38.8 Å². The number of aliphatic hydroxyl groups is 1. The van der Waals surface area contributed by atoms with E-state index in [4.69, 9.17) is 0 Å². The number of nitrogens with zero attached hydrogens (tertiary/aromatic N) is 4. The third-order valence-electron chi connectivity index (χ3n) is 2.92. The van der Waals surface area contributed by atoms with E-state index < -0.39 is 5.60 Å². The van der Waals surface area contributed by atoms with Crippen LogP contribution in [-0.2, 0) is 18.6 Å². The van der Waals surface area contributed by atoms with Gasteiger partial charge in [-0.3, -0.25) is 4.98 Å². The quantitative estimate of drug-likeness (QED) is 0.869. The average Bonchev–Trinajstić information content (AvgIpc) is 2.78. The molecule has 5 heteroatoms. The maximum absolute atomic E-state index is 10.5. The molecule has 2 aromatic rings. The van der Waals surface area contributed by atoms with Gasteiger partial charge < -0.3 is 5.11 Å². The molecule has 0 saturated heterocycles. The Kier molecular flexibility index (Phi) is 3.72. The van der Waals surface area contributed by atoms with Crippen molar-refractivity contribution in [1.82, 2.24) is 19.7 Å². The van der Waals surface area contributed by atoms with Crippen LogP contribution in [0.3, 0.4) is 0 Å². The molecule has 0 aliphatic rings. The molecule has 1 atom stereocenters. The van der Waals surface area contributed by atoms with E-state index in [9.17, 15) is 5.11 Å². The summed E-state index contributed by atoms with van der Waals surface area (Å²) in [6, 6.07) is 3.69. The van der Waals surface area contributed by atoms with Crippen LogP contribution >= 0.6 is 0 Å². The fraction of sp³-hybridized carbons (Fsp3) is 0.462. The molecule has 1 unspecified atom stereocenters. The number of hydrogen-bond donors (Lipinski definition) is 1. The van der Waals surface area contributed by atoms with Gasteiger partial charge in [-0.2, -0.15) is 5.10 Å². The van der Waals surface area contributed by atoms with E-state index in [0.717, 1.165) is 24.4 Å². The maximum Gasteiger partial charge on any atom is 0.138 e. The summed E-state index contributed by atoms with van der Waals surface area (Å²) in [6.07, 6.45) is 6.33. The zero-order valence-corrected chi connectivity index (χ0v) is 10.7. The molecular formula is C13H18N4O. The van der Waals surface area contributed by atoms with Gasteiger partial charge in [-0.15, -0.1) is 0 Å². The number of aromatic nitrogens is 4. The van der Waals surface area contributed by atoms with Crippen molar-refractivity contribution in [3.63, 3.8) is 0 Å². The number of hydrogen-bond acceptors (Lipinski definition) is 4. The Labute approximate surface area is 107 Å². The number of pyridine rings is 1. The van der Waals surface area contributed by atoms with Crippen molar-refractivity contribution in [2.75, 3.05) is 0 Å². The Morgan fingerprint density at radius 3 is 2.94 bits per heavy atom. The van der Waals surface area contributed by atoms with E-state index in [1.54, 1.807) is 19.3 Å². The van der Waals surface area contributed by atoms with Crippen LogP contribution in [0, 0.1) is 0 Å². The normalized spacial score (nSPS) is 14.4. The summed E-state index contributed by atoms with van der Waals surface area (Å²) in [5.41, 5.74) is -0.191. The minimum atomic E-state index is -0.979. The molecule has 0 saturated carbocycles. The van der Waals surface area contributed by atoms with Gasteiger partial charge in [0, 0.05) is 30.9 Å². The monoisotopic (exact) mass is 246 g/mol. The average molecular weight is 246 g/mol. The Bertz CT molecular complexity index is 493. The standard InChI is InChI=1S/C13H18N4O/c1-3-7-17-12(15-10-16-17)8-13(2,18)11-5-4-6-14-9-11/h4-6,9-10,18H,3,7-8H2,1-2H3. The second-order valence-corrected chi connectivity index (χ2v) is 4.59. The maximum atomic E-state index is 10.5. The van der Waals surface area contributed by atoms with Gasteiger partial charge in [0.25, 0.3) is 0 Å². The lowest BCUT2D eigenvalue weighted by Gasteiger charge is -2.23. The lowest BCUT2D eigenvalue weighted by atomic mass is 9.94. The van der Waals surface area contributed by atoms with Gasteiger partial charge in [-0.1, -0.05) is 13.0 Å². The van der Waals surface area contributed by atoms with Gasteiger partial charge in [0.1, 0.15) is 12.2 Å². The van der Waals surface area contributed by atoms with Crippen LogP contribution in [0.2, 0.25) is 0 Å². The highest BCUT2D eigenvalue weighted by molar-refractivity contribution is 5.18. The van der Waals surface area contributed by atoms with Gasteiger partial charge in [0.05, 0.1) is 5.60 Å². The lowest BCUT2D eigenvalue weighted by Crippen LogP contribution is -2.26. The molecule has 0 aromatic carbocycles. The zero-order valence-electron chi connectivity index (χ0n) is 10.7. The minimum absolute atomic E-state index is 0.429. The zero-order chi connectivity index (χ0) is 13.0. The predicted octanol–water partition coefficient (Wildman–Crippen LogP) is 1.53. The third kappa shape index (κ3) is 2.73. The Morgan fingerprint density at radius 1 is 1.44 bits per heavy atom. The van der Waals surface area contributed by atoms with Gasteiger partial charge in [0.2, 0.25) is 0 Å². The molecule has 96 valence electrons. The van der Waals surface area contributed by atoms with E-state index in [-0.39, 0.29) is 0 Å². The van der Waals surface area contributed by atoms with E-state index in [1.165, 1.54) is 6.33 Å². The summed E-state index contributed by atoms with van der Waals surface area (Å²) >= 11 is 0. The first-order valence-electron chi connectivity index (χ1n) is 6.13. The highest BCUT2D eigenvalue weighted by atomic mass is 16.3. The largest absolute Gasteiger partial charge is 0.385 e. The van der Waals surface area contributed by atoms with Gasteiger partial charge >= 0.3 is 0 Å². The van der Waals surface area contributed by atoms with Crippen LogP contribution in [0.15, 0.2) is 30.9 Å². The highest BCUT2D eigenvalue weighted by Crippen LogP contribution is 2.23. The van der Waals surface area contributed by atoms with Gasteiger partial charge in [-0.25, -0.2) is 9.67 Å². The first kappa shape index (κ1) is 12.7. The summed E-state index contributed by atoms with van der Waals surface area (Å²) in [7, 11) is 0. The van der Waals surface area contributed by atoms with Crippen LogP contribution in [0.4, 0.5) is 0 Å². The third-order valence-corrected chi connectivity index (χ3v) is 2.92. The molecule has 0 aliphatic carbocycles.